The third-order valence-corrected chi connectivity index (χ3v) is 10.8. The van der Waals surface area contributed by atoms with Crippen molar-refractivity contribution in [2.24, 2.45) is 5.73 Å². The maximum atomic E-state index is 15.1. The number of thiazole rings is 1. The zero-order chi connectivity index (χ0) is 37.0. The number of benzene rings is 3. The van der Waals surface area contributed by atoms with E-state index in [1.807, 2.05) is 66.0 Å². The number of hydrogen-bond donors (Lipinski definition) is 2. The fourth-order valence-corrected chi connectivity index (χ4v) is 8.20. The van der Waals surface area contributed by atoms with Gasteiger partial charge in [0.25, 0.3) is 0 Å². The molecule has 2 unspecified atom stereocenters. The monoisotopic (exact) mass is 740 g/mol. The van der Waals surface area contributed by atoms with E-state index in [-0.39, 0.29) is 6.61 Å². The van der Waals surface area contributed by atoms with Gasteiger partial charge < -0.3 is 20.5 Å². The van der Waals surface area contributed by atoms with E-state index < -0.39 is 23.1 Å². The number of carbonyl (C=O) groups excluding carboxylic acids is 2. The largest absolute Gasteiger partial charge is 0.494 e. The highest BCUT2D eigenvalue weighted by molar-refractivity contribution is 7.16. The Morgan fingerprint density at radius 1 is 0.925 bits per heavy atom. The average molecular weight is 741 g/mol. The summed E-state index contributed by atoms with van der Waals surface area (Å²) in [6, 6.07) is 23.8. The normalized spacial score (nSPS) is 12.6. The van der Waals surface area contributed by atoms with Gasteiger partial charge in [0, 0.05) is 40.5 Å². The van der Waals surface area contributed by atoms with E-state index >= 15 is 4.79 Å². The number of nitrogens with zero attached hydrogens (tertiary/aromatic N) is 2. The fourth-order valence-electron chi connectivity index (χ4n) is 6.33. The molecule has 3 N–H and O–H groups in total. The van der Waals surface area contributed by atoms with Crippen molar-refractivity contribution in [3.63, 3.8) is 0 Å². The predicted molar refractivity (Wildman–Crippen MR) is 214 cm³/mol. The van der Waals surface area contributed by atoms with Crippen LogP contribution in [0.4, 0.5) is 5.69 Å². The topological polar surface area (TPSA) is 116 Å². The number of nitrogens with one attached hydrogen (secondary N) is 1. The Kier molecular flexibility index (Phi) is 12.4. The first-order valence-corrected chi connectivity index (χ1v) is 19.3. The molecule has 3 heterocycles. The number of ether oxygens (including phenoxy) is 2. The Bertz CT molecular complexity index is 2260. The summed E-state index contributed by atoms with van der Waals surface area (Å²) in [5, 5.41) is 5.06. The minimum Gasteiger partial charge on any atom is -0.494 e. The summed E-state index contributed by atoms with van der Waals surface area (Å²) in [6.07, 6.45) is 12.3. The molecule has 4 aromatic rings. The summed E-state index contributed by atoms with van der Waals surface area (Å²) in [5.41, 5.74) is 10.7. The predicted octanol–water partition coefficient (Wildman–Crippen LogP) is 8.81. The smallest absolute Gasteiger partial charge is 0.234 e. The fraction of sp³-hybridized carbons (Fsp3) is 0.256. The lowest BCUT2D eigenvalue weighted by Crippen LogP contribution is -2.50. The molecule has 0 aliphatic carbocycles. The molecule has 2 amide bonds. The number of anilines is 1. The molecule has 6 rings (SSSR count). The molecule has 0 spiro atoms. The molecule has 268 valence electrons. The number of rotatable bonds is 16. The second-order valence-corrected chi connectivity index (χ2v) is 14.3. The van der Waals surface area contributed by atoms with Crippen LogP contribution in [0.1, 0.15) is 67.4 Å². The Balaban J connectivity index is 1.51. The van der Waals surface area contributed by atoms with Crippen molar-refractivity contribution in [3.05, 3.63) is 112 Å². The minimum atomic E-state index is -1.73. The Morgan fingerprint density at radius 3 is 2.60 bits per heavy atom. The molecule has 10 heteroatoms. The van der Waals surface area contributed by atoms with Crippen LogP contribution in [-0.4, -0.2) is 35.0 Å². The third-order valence-electron chi connectivity index (χ3n) is 8.97. The summed E-state index contributed by atoms with van der Waals surface area (Å²) < 4.78 is 13.2. The number of fused-ring (bicyclic) bond motifs is 2. The van der Waals surface area contributed by atoms with E-state index in [1.165, 1.54) is 22.7 Å². The number of carbonyl (C=O) groups is 2. The number of primary amides is 1. The summed E-state index contributed by atoms with van der Waals surface area (Å²) in [5.74, 6) is 7.61. The van der Waals surface area contributed by atoms with E-state index in [2.05, 4.69) is 40.0 Å². The molecular weight excluding hydrogens is 701 g/mol. The van der Waals surface area contributed by atoms with Crippen LogP contribution in [0.25, 0.3) is 21.5 Å². The van der Waals surface area contributed by atoms with Crippen LogP contribution in [0.2, 0.25) is 0 Å². The van der Waals surface area contributed by atoms with Gasteiger partial charge in [0.05, 0.1) is 33.9 Å². The molecule has 8 nitrogen and oxygen atoms in total. The second kappa shape index (κ2) is 17.7. The van der Waals surface area contributed by atoms with Crippen LogP contribution in [0.5, 0.6) is 11.5 Å². The SMILES string of the molecule is C#CCCCCOc1cccc(C(C(=O)Nc2ccc3ncsc3c2)C(C(N)=O)(c2cccc(OCC#CCCCC)c2)c2cc3nccc-3cs2)c1. The van der Waals surface area contributed by atoms with Gasteiger partial charge in [-0.15, -0.1) is 35.0 Å². The summed E-state index contributed by atoms with van der Waals surface area (Å²) in [7, 11) is 0. The zero-order valence-electron chi connectivity index (χ0n) is 29.5. The molecule has 0 fully saturated rings. The maximum Gasteiger partial charge on any atom is 0.234 e. The number of aromatic nitrogens is 2. The molecule has 0 radical (unpaired) electrons. The summed E-state index contributed by atoms with van der Waals surface area (Å²) in [4.78, 5) is 39.1. The highest BCUT2D eigenvalue weighted by Gasteiger charge is 2.53. The van der Waals surface area contributed by atoms with Gasteiger partial charge in [0.1, 0.15) is 23.5 Å². The molecule has 1 aromatic heterocycles. The molecule has 3 aromatic carbocycles. The van der Waals surface area contributed by atoms with Crippen LogP contribution in [0, 0.1) is 24.2 Å². The second-order valence-electron chi connectivity index (χ2n) is 12.5. The molecule has 0 bridgehead atoms. The lowest BCUT2D eigenvalue weighted by Gasteiger charge is -2.38. The molecule has 2 aliphatic rings. The number of amides is 2. The van der Waals surface area contributed by atoms with E-state index in [9.17, 15) is 4.79 Å². The van der Waals surface area contributed by atoms with Crippen molar-refractivity contribution in [3.8, 4) is 46.9 Å². The molecule has 0 saturated heterocycles. The highest BCUT2D eigenvalue weighted by Crippen LogP contribution is 2.49. The van der Waals surface area contributed by atoms with Crippen LogP contribution >= 0.6 is 22.7 Å². The van der Waals surface area contributed by atoms with Crippen molar-refractivity contribution >= 4 is 50.4 Å². The van der Waals surface area contributed by atoms with Crippen molar-refractivity contribution in [1.82, 2.24) is 9.97 Å². The van der Waals surface area contributed by atoms with E-state index in [4.69, 9.17) is 21.6 Å². The first-order valence-electron chi connectivity index (χ1n) is 17.6. The Morgan fingerprint density at radius 2 is 1.77 bits per heavy atom. The molecular formula is C43H40N4O4S2. The van der Waals surface area contributed by atoms with Crippen molar-refractivity contribution in [2.75, 3.05) is 18.5 Å². The van der Waals surface area contributed by atoms with E-state index in [0.29, 0.717) is 51.9 Å². The maximum absolute atomic E-state index is 15.1. The highest BCUT2D eigenvalue weighted by atomic mass is 32.1. The Hall–Kier alpha value is -5.68. The number of hydrogen-bond acceptors (Lipinski definition) is 8. The summed E-state index contributed by atoms with van der Waals surface area (Å²) in [6.45, 7) is 2.74. The van der Waals surface area contributed by atoms with Gasteiger partial charge in [-0.25, -0.2) is 4.98 Å². The molecule has 2 aliphatic heterocycles. The van der Waals surface area contributed by atoms with Gasteiger partial charge in [0.15, 0.2) is 0 Å². The Labute approximate surface area is 318 Å². The van der Waals surface area contributed by atoms with Gasteiger partial charge in [-0.05, 0) is 85.0 Å². The first kappa shape index (κ1) is 37.1. The lowest BCUT2D eigenvalue weighted by molar-refractivity contribution is -0.128. The number of terminal acetylenes is 1. The standard InChI is InChI=1S/C43H40N4O4S2/c1-3-5-7-9-11-23-51-35-17-13-15-32(25-35)43(42(44)49,39-27-37-31(28-52-39)20-21-45-37)40(30-14-12-16-34(24-30)50-22-10-8-6-4-2)41(48)47-33-18-19-36-38(26-33)53-29-46-36/h2,12-21,24-29,40H,3,5-8,10,22-23H2,1H3,(H2,44,49)(H,47,48). The van der Waals surface area contributed by atoms with Crippen molar-refractivity contribution < 1.29 is 19.1 Å². The van der Waals surface area contributed by atoms with Crippen LogP contribution in [-0.2, 0) is 15.0 Å². The molecule has 2 atom stereocenters. The van der Waals surface area contributed by atoms with Gasteiger partial charge in [-0.3, -0.25) is 14.6 Å². The zero-order valence-corrected chi connectivity index (χ0v) is 31.1. The number of unbranched alkanes of at least 4 members (excludes halogenated alkanes) is 4. The van der Waals surface area contributed by atoms with Gasteiger partial charge >= 0.3 is 0 Å². The van der Waals surface area contributed by atoms with Gasteiger partial charge in [-0.2, -0.15) is 0 Å². The first-order chi connectivity index (χ1) is 25.9. The summed E-state index contributed by atoms with van der Waals surface area (Å²) >= 11 is 2.82. The number of nitrogens with two attached hydrogens (primary N) is 1. The van der Waals surface area contributed by atoms with Crippen LogP contribution in [0.15, 0.2) is 96.0 Å². The average Bonchev–Trinajstić information content (AvgIpc) is 3.84. The van der Waals surface area contributed by atoms with E-state index in [1.54, 1.807) is 29.9 Å². The molecule has 53 heavy (non-hydrogen) atoms. The van der Waals surface area contributed by atoms with Crippen LogP contribution < -0.4 is 20.5 Å². The van der Waals surface area contributed by atoms with Crippen LogP contribution in [0.3, 0.4) is 0 Å². The lowest BCUT2D eigenvalue weighted by atomic mass is 9.65. The molecule has 0 saturated carbocycles. The quantitative estimate of drug-likeness (QED) is 0.0757. The van der Waals surface area contributed by atoms with Gasteiger partial charge in [0.2, 0.25) is 11.8 Å². The minimum absolute atomic E-state index is 0.174. The van der Waals surface area contributed by atoms with Crippen molar-refractivity contribution in [2.45, 2.75) is 56.8 Å². The van der Waals surface area contributed by atoms with Crippen molar-refractivity contribution in [1.29, 1.82) is 0 Å². The third kappa shape index (κ3) is 8.52. The van der Waals surface area contributed by atoms with E-state index in [0.717, 1.165) is 47.9 Å². The van der Waals surface area contributed by atoms with Gasteiger partial charge in [-0.1, -0.05) is 49.5 Å².